The van der Waals surface area contributed by atoms with Crippen LogP contribution >= 0.6 is 0 Å². The number of pyridine rings is 2. The Bertz CT molecular complexity index is 990. The van der Waals surface area contributed by atoms with Crippen LogP contribution in [0.3, 0.4) is 0 Å². The maximum Gasteiger partial charge on any atom is 0.257 e. The number of aromatic nitrogens is 2. The molecule has 0 aliphatic heterocycles. The van der Waals surface area contributed by atoms with Crippen LogP contribution in [0.2, 0.25) is 0 Å². The molecule has 29 heavy (non-hydrogen) atoms. The molecule has 2 amide bonds. The van der Waals surface area contributed by atoms with Crippen molar-refractivity contribution in [3.63, 3.8) is 0 Å². The summed E-state index contributed by atoms with van der Waals surface area (Å²) in [5.74, 6) is 0.130. The van der Waals surface area contributed by atoms with Gasteiger partial charge in [0.2, 0.25) is 0 Å². The van der Waals surface area contributed by atoms with Gasteiger partial charge in [-0.3, -0.25) is 14.6 Å². The summed E-state index contributed by atoms with van der Waals surface area (Å²) in [4.78, 5) is 32.4. The van der Waals surface area contributed by atoms with E-state index in [1.807, 2.05) is 13.0 Å². The number of nitrogen functional groups attached to an aromatic ring is 1. The topological polar surface area (TPSA) is 122 Å². The molecule has 0 atom stereocenters. The van der Waals surface area contributed by atoms with E-state index >= 15 is 0 Å². The highest BCUT2D eigenvalue weighted by Gasteiger charge is 2.09. The molecule has 1 aromatic carbocycles. The molecule has 8 nitrogen and oxygen atoms in total. The number of carbonyl (C=O) groups is 2. The number of hydrogen-bond acceptors (Lipinski definition) is 6. The summed E-state index contributed by atoms with van der Waals surface area (Å²) in [6, 6.07) is 12.2. The Morgan fingerprint density at radius 1 is 1.00 bits per heavy atom. The van der Waals surface area contributed by atoms with Gasteiger partial charge in [-0.2, -0.15) is 0 Å². The van der Waals surface area contributed by atoms with E-state index in [0.717, 1.165) is 5.56 Å². The molecule has 0 saturated heterocycles. The van der Waals surface area contributed by atoms with E-state index in [2.05, 4.69) is 25.9 Å². The Balaban J connectivity index is 1.47. The van der Waals surface area contributed by atoms with Gasteiger partial charge in [-0.15, -0.1) is 0 Å². The van der Waals surface area contributed by atoms with Gasteiger partial charge in [0.15, 0.2) is 0 Å². The van der Waals surface area contributed by atoms with E-state index in [-0.39, 0.29) is 11.8 Å². The minimum atomic E-state index is -0.289. The van der Waals surface area contributed by atoms with Crippen LogP contribution in [0, 0.1) is 6.92 Å². The maximum absolute atomic E-state index is 12.4. The summed E-state index contributed by atoms with van der Waals surface area (Å²) >= 11 is 0. The first kappa shape index (κ1) is 19.8. The number of amides is 2. The first-order valence-corrected chi connectivity index (χ1v) is 9.08. The van der Waals surface area contributed by atoms with Crippen LogP contribution in [0.25, 0.3) is 0 Å². The lowest BCUT2D eigenvalue weighted by Gasteiger charge is -2.10. The number of nitrogens with two attached hydrogens (primary N) is 1. The van der Waals surface area contributed by atoms with Crippen molar-refractivity contribution in [3.8, 4) is 0 Å². The van der Waals surface area contributed by atoms with E-state index in [0.29, 0.717) is 41.4 Å². The second kappa shape index (κ2) is 9.32. The number of carbonyl (C=O) groups excluding carboxylic acids is 2. The minimum absolute atomic E-state index is 0.185. The van der Waals surface area contributed by atoms with Gasteiger partial charge in [-0.05, 0) is 48.9 Å². The van der Waals surface area contributed by atoms with Gasteiger partial charge < -0.3 is 21.7 Å². The van der Waals surface area contributed by atoms with Gasteiger partial charge in [-0.25, -0.2) is 4.98 Å². The van der Waals surface area contributed by atoms with Gasteiger partial charge in [-0.1, -0.05) is 6.07 Å². The highest BCUT2D eigenvalue weighted by Crippen LogP contribution is 2.20. The molecule has 0 saturated carbocycles. The fourth-order valence-electron chi connectivity index (χ4n) is 2.59. The van der Waals surface area contributed by atoms with E-state index in [9.17, 15) is 9.59 Å². The lowest BCUT2D eigenvalue weighted by atomic mass is 10.2. The van der Waals surface area contributed by atoms with Gasteiger partial charge in [0.25, 0.3) is 11.8 Å². The smallest absolute Gasteiger partial charge is 0.257 e. The van der Waals surface area contributed by atoms with Crippen molar-refractivity contribution in [2.45, 2.75) is 6.92 Å². The van der Waals surface area contributed by atoms with Crippen molar-refractivity contribution >= 4 is 29.0 Å². The van der Waals surface area contributed by atoms with Crippen LogP contribution in [0.1, 0.15) is 26.3 Å². The lowest BCUT2D eigenvalue weighted by molar-refractivity contribution is 0.0954. The van der Waals surface area contributed by atoms with Crippen LogP contribution in [0.15, 0.2) is 61.1 Å². The van der Waals surface area contributed by atoms with Crippen LogP contribution in [-0.4, -0.2) is 34.9 Å². The molecule has 0 radical (unpaired) electrons. The summed E-state index contributed by atoms with van der Waals surface area (Å²) in [5, 5.41) is 8.66. The third-order valence-corrected chi connectivity index (χ3v) is 4.12. The quantitative estimate of drug-likeness (QED) is 0.363. The number of hydrogen-bond donors (Lipinski definition) is 4. The summed E-state index contributed by atoms with van der Waals surface area (Å²) in [6.45, 7) is 2.84. The van der Waals surface area contributed by atoms with Crippen LogP contribution in [-0.2, 0) is 0 Å². The van der Waals surface area contributed by atoms with Crippen molar-refractivity contribution in [1.82, 2.24) is 15.3 Å². The predicted octanol–water partition coefficient (Wildman–Crippen LogP) is 2.46. The first-order valence-electron chi connectivity index (χ1n) is 9.08. The Kier molecular flexibility index (Phi) is 6.36. The molecule has 0 unspecified atom stereocenters. The average Bonchev–Trinajstić information content (AvgIpc) is 2.74. The molecule has 0 bridgehead atoms. The fraction of sp³-hybridized carbons (Fsp3) is 0.143. The van der Waals surface area contributed by atoms with Crippen LogP contribution < -0.4 is 21.7 Å². The van der Waals surface area contributed by atoms with Gasteiger partial charge >= 0.3 is 0 Å². The summed E-state index contributed by atoms with van der Waals surface area (Å²) in [7, 11) is 0. The standard InChI is InChI=1S/C21H22N6O2/c1-14-4-6-18(17(22)11-14)27-21(29)16-5-7-19(26-13-16)24-9-10-25-20(28)15-3-2-8-23-12-15/h2-8,11-13H,9-10,22H2,1H3,(H,24,26)(H,25,28)(H,27,29). The fourth-order valence-corrected chi connectivity index (χ4v) is 2.59. The monoisotopic (exact) mass is 390 g/mol. The van der Waals surface area contributed by atoms with Crippen molar-refractivity contribution in [3.05, 3.63) is 77.7 Å². The largest absolute Gasteiger partial charge is 0.397 e. The number of benzene rings is 1. The molecule has 0 fully saturated rings. The van der Waals surface area contributed by atoms with Gasteiger partial charge in [0.1, 0.15) is 5.82 Å². The molecular formula is C21H22N6O2. The Morgan fingerprint density at radius 2 is 1.83 bits per heavy atom. The molecule has 5 N–H and O–H groups in total. The van der Waals surface area contributed by atoms with Crippen molar-refractivity contribution in [2.75, 3.05) is 29.5 Å². The first-order chi connectivity index (χ1) is 14.0. The highest BCUT2D eigenvalue weighted by molar-refractivity contribution is 6.05. The third-order valence-electron chi connectivity index (χ3n) is 4.12. The molecule has 8 heteroatoms. The van der Waals surface area contributed by atoms with Crippen LogP contribution in [0.5, 0.6) is 0 Å². The van der Waals surface area contributed by atoms with E-state index in [1.54, 1.807) is 42.6 Å². The molecular weight excluding hydrogens is 368 g/mol. The maximum atomic E-state index is 12.4. The molecule has 0 aliphatic rings. The molecule has 3 aromatic rings. The van der Waals surface area contributed by atoms with Gasteiger partial charge in [0.05, 0.1) is 22.5 Å². The zero-order valence-electron chi connectivity index (χ0n) is 16.0. The van der Waals surface area contributed by atoms with Crippen LogP contribution in [0.4, 0.5) is 17.2 Å². The number of anilines is 3. The number of nitrogens with zero attached hydrogens (tertiary/aromatic N) is 2. The number of aryl methyl sites for hydroxylation is 1. The highest BCUT2D eigenvalue weighted by atomic mass is 16.2. The summed E-state index contributed by atoms with van der Waals surface area (Å²) in [6.07, 6.45) is 4.61. The van der Waals surface area contributed by atoms with Crippen molar-refractivity contribution < 1.29 is 9.59 Å². The average molecular weight is 390 g/mol. The zero-order valence-corrected chi connectivity index (χ0v) is 16.0. The van der Waals surface area contributed by atoms with E-state index in [1.165, 1.54) is 12.4 Å². The summed E-state index contributed by atoms with van der Waals surface area (Å²) < 4.78 is 0. The normalized spacial score (nSPS) is 10.2. The minimum Gasteiger partial charge on any atom is -0.397 e. The number of nitrogens with one attached hydrogen (secondary N) is 3. The van der Waals surface area contributed by atoms with Gasteiger partial charge in [0, 0.05) is 31.7 Å². The zero-order chi connectivity index (χ0) is 20.6. The van der Waals surface area contributed by atoms with Crippen molar-refractivity contribution in [1.29, 1.82) is 0 Å². The van der Waals surface area contributed by atoms with E-state index < -0.39 is 0 Å². The second-order valence-electron chi connectivity index (χ2n) is 6.40. The Morgan fingerprint density at radius 3 is 2.52 bits per heavy atom. The molecule has 0 spiro atoms. The predicted molar refractivity (Wildman–Crippen MR) is 113 cm³/mol. The van der Waals surface area contributed by atoms with Crippen molar-refractivity contribution in [2.24, 2.45) is 0 Å². The molecule has 0 aliphatic carbocycles. The molecule has 148 valence electrons. The SMILES string of the molecule is Cc1ccc(NC(=O)c2ccc(NCCNC(=O)c3cccnc3)nc2)c(N)c1. The number of rotatable bonds is 7. The molecule has 3 rings (SSSR count). The van der Waals surface area contributed by atoms with E-state index in [4.69, 9.17) is 5.73 Å². The molecule has 2 aromatic heterocycles. The third kappa shape index (κ3) is 5.52. The summed E-state index contributed by atoms with van der Waals surface area (Å²) in [5.41, 5.74) is 8.95. The molecule has 2 heterocycles. The Hall–Kier alpha value is -3.94. The Labute approximate surface area is 168 Å². The second-order valence-corrected chi connectivity index (χ2v) is 6.40. The lowest BCUT2D eigenvalue weighted by Crippen LogP contribution is -2.28.